The molecule has 1 saturated heterocycles. The third-order valence-electron chi connectivity index (χ3n) is 5.29. The zero-order chi connectivity index (χ0) is 19.5. The molecule has 28 heavy (non-hydrogen) atoms. The lowest BCUT2D eigenvalue weighted by molar-refractivity contribution is 0.240. The van der Waals surface area contributed by atoms with Gasteiger partial charge in [-0.15, -0.1) is 0 Å². The van der Waals surface area contributed by atoms with Crippen molar-refractivity contribution in [3.63, 3.8) is 0 Å². The molecular formula is C22H26N6. The molecule has 0 bridgehead atoms. The van der Waals surface area contributed by atoms with Gasteiger partial charge in [-0.05, 0) is 63.4 Å². The van der Waals surface area contributed by atoms with Crippen molar-refractivity contribution in [2.75, 3.05) is 11.9 Å². The molecule has 0 unspecified atom stereocenters. The van der Waals surface area contributed by atoms with Gasteiger partial charge in [-0.3, -0.25) is 9.88 Å². The maximum Gasteiger partial charge on any atom is 0.135 e. The highest BCUT2D eigenvalue weighted by Crippen LogP contribution is 2.33. The van der Waals surface area contributed by atoms with Crippen molar-refractivity contribution in [3.8, 4) is 0 Å². The number of nitrogens with zero attached hydrogens (tertiary/aromatic N) is 5. The summed E-state index contributed by atoms with van der Waals surface area (Å²) in [5.74, 6) is 2.40. The van der Waals surface area contributed by atoms with Crippen molar-refractivity contribution in [3.05, 3.63) is 71.1 Å². The molecule has 1 aliphatic heterocycles. The van der Waals surface area contributed by atoms with Crippen molar-refractivity contribution in [1.82, 2.24) is 24.8 Å². The van der Waals surface area contributed by atoms with Gasteiger partial charge in [-0.25, -0.2) is 15.0 Å². The summed E-state index contributed by atoms with van der Waals surface area (Å²) >= 11 is 0. The van der Waals surface area contributed by atoms with Crippen molar-refractivity contribution in [2.45, 2.75) is 46.2 Å². The average Bonchev–Trinajstić information content (AvgIpc) is 3.13. The molecule has 0 radical (unpaired) electrons. The first kappa shape index (κ1) is 18.5. The number of nitrogens with one attached hydrogen (secondary N) is 1. The average molecular weight is 374 g/mol. The monoisotopic (exact) mass is 374 g/mol. The van der Waals surface area contributed by atoms with E-state index in [2.05, 4.69) is 44.2 Å². The Morgan fingerprint density at radius 3 is 2.61 bits per heavy atom. The second-order valence-corrected chi connectivity index (χ2v) is 7.41. The van der Waals surface area contributed by atoms with E-state index in [1.165, 1.54) is 12.0 Å². The van der Waals surface area contributed by atoms with Crippen molar-refractivity contribution in [1.29, 1.82) is 0 Å². The quantitative estimate of drug-likeness (QED) is 0.719. The van der Waals surface area contributed by atoms with Gasteiger partial charge in [-0.2, -0.15) is 0 Å². The Bertz CT molecular complexity index is 971. The summed E-state index contributed by atoms with van der Waals surface area (Å²) < 4.78 is 0. The Hall–Kier alpha value is -2.86. The second-order valence-electron chi connectivity index (χ2n) is 7.41. The van der Waals surface area contributed by atoms with Crippen LogP contribution in [0.3, 0.4) is 0 Å². The van der Waals surface area contributed by atoms with Crippen LogP contribution in [-0.4, -0.2) is 31.4 Å². The zero-order valence-corrected chi connectivity index (χ0v) is 16.7. The van der Waals surface area contributed by atoms with Gasteiger partial charge in [0.25, 0.3) is 0 Å². The van der Waals surface area contributed by atoms with Gasteiger partial charge in [0, 0.05) is 25.0 Å². The van der Waals surface area contributed by atoms with E-state index in [1.54, 1.807) is 6.20 Å². The van der Waals surface area contributed by atoms with Gasteiger partial charge in [0.2, 0.25) is 0 Å². The van der Waals surface area contributed by atoms with Crippen LogP contribution in [0.15, 0.2) is 42.7 Å². The van der Waals surface area contributed by atoms with Gasteiger partial charge in [0.1, 0.15) is 17.5 Å². The van der Waals surface area contributed by atoms with Gasteiger partial charge >= 0.3 is 0 Å². The van der Waals surface area contributed by atoms with E-state index in [0.717, 1.165) is 53.9 Å². The number of aromatic nitrogens is 4. The summed E-state index contributed by atoms with van der Waals surface area (Å²) in [4.78, 5) is 20.8. The van der Waals surface area contributed by atoms with Crippen molar-refractivity contribution >= 4 is 11.6 Å². The Morgan fingerprint density at radius 2 is 1.82 bits per heavy atom. The van der Waals surface area contributed by atoms with Gasteiger partial charge in [-0.1, -0.05) is 12.1 Å². The van der Waals surface area contributed by atoms with Crippen LogP contribution in [0.25, 0.3) is 0 Å². The molecule has 0 amide bonds. The summed E-state index contributed by atoms with van der Waals surface area (Å²) in [6.07, 6.45) is 5.93. The van der Waals surface area contributed by atoms with Gasteiger partial charge < -0.3 is 5.32 Å². The van der Waals surface area contributed by atoms with E-state index in [1.807, 2.05) is 38.2 Å². The smallest absolute Gasteiger partial charge is 0.135 e. The summed E-state index contributed by atoms with van der Waals surface area (Å²) in [6, 6.07) is 10.4. The summed E-state index contributed by atoms with van der Waals surface area (Å²) in [5.41, 5.74) is 4.53. The fraction of sp³-hybridized carbons (Fsp3) is 0.364. The highest BCUT2D eigenvalue weighted by Gasteiger charge is 2.28. The summed E-state index contributed by atoms with van der Waals surface area (Å²) in [5, 5.41) is 3.36. The highest BCUT2D eigenvalue weighted by molar-refractivity contribution is 5.55. The lowest BCUT2D eigenvalue weighted by atomic mass is 10.1. The van der Waals surface area contributed by atoms with Crippen LogP contribution in [0.4, 0.5) is 11.6 Å². The topological polar surface area (TPSA) is 66.8 Å². The molecule has 1 fully saturated rings. The number of hydrogen-bond acceptors (Lipinski definition) is 6. The van der Waals surface area contributed by atoms with Crippen LogP contribution in [0.1, 0.15) is 47.2 Å². The molecule has 4 heterocycles. The molecule has 1 aliphatic rings. The largest absolute Gasteiger partial charge is 0.325 e. The van der Waals surface area contributed by atoms with E-state index in [-0.39, 0.29) is 6.04 Å². The van der Waals surface area contributed by atoms with Crippen LogP contribution < -0.4 is 5.32 Å². The molecule has 0 aliphatic carbocycles. The molecule has 3 aromatic rings. The van der Waals surface area contributed by atoms with Crippen LogP contribution in [0.2, 0.25) is 0 Å². The normalized spacial score (nSPS) is 17.0. The Morgan fingerprint density at radius 1 is 1.04 bits per heavy atom. The van der Waals surface area contributed by atoms with Crippen molar-refractivity contribution < 1.29 is 0 Å². The molecule has 6 nitrogen and oxygen atoms in total. The Balaban J connectivity index is 1.58. The van der Waals surface area contributed by atoms with Crippen LogP contribution >= 0.6 is 0 Å². The first-order chi connectivity index (χ1) is 13.6. The fourth-order valence-electron chi connectivity index (χ4n) is 3.79. The van der Waals surface area contributed by atoms with Crippen LogP contribution in [0, 0.1) is 20.8 Å². The van der Waals surface area contributed by atoms with Crippen LogP contribution in [0.5, 0.6) is 0 Å². The third kappa shape index (κ3) is 4.02. The molecule has 0 aromatic carbocycles. The van der Waals surface area contributed by atoms with Crippen molar-refractivity contribution in [2.24, 2.45) is 0 Å². The minimum Gasteiger partial charge on any atom is -0.325 e. The molecule has 0 saturated carbocycles. The number of likely N-dealkylation sites (tertiary alicyclic amines) is 1. The first-order valence-electron chi connectivity index (χ1n) is 9.79. The van der Waals surface area contributed by atoms with E-state index >= 15 is 0 Å². The summed E-state index contributed by atoms with van der Waals surface area (Å²) in [6.45, 7) is 8.02. The van der Waals surface area contributed by atoms with E-state index < -0.39 is 0 Å². The second kappa shape index (κ2) is 8.02. The lowest BCUT2D eigenvalue weighted by Crippen LogP contribution is -2.25. The number of hydrogen-bond donors (Lipinski definition) is 1. The zero-order valence-electron chi connectivity index (χ0n) is 16.7. The van der Waals surface area contributed by atoms with E-state index in [4.69, 9.17) is 4.98 Å². The predicted molar refractivity (Wildman–Crippen MR) is 110 cm³/mol. The third-order valence-corrected chi connectivity index (χ3v) is 5.29. The number of anilines is 2. The number of aryl methyl sites for hydroxylation is 3. The molecule has 6 heteroatoms. The van der Waals surface area contributed by atoms with Gasteiger partial charge in [0.15, 0.2) is 0 Å². The van der Waals surface area contributed by atoms with Crippen LogP contribution in [-0.2, 0) is 6.54 Å². The molecule has 4 rings (SSSR count). The molecule has 1 N–H and O–H groups in total. The maximum atomic E-state index is 4.76. The SMILES string of the molecule is Cc1nc(Nc2ncccc2C)cc([C@@H]2CCCN2Cc2ncccc2C)n1. The number of pyridine rings is 2. The van der Waals surface area contributed by atoms with E-state index in [0.29, 0.717) is 0 Å². The maximum absolute atomic E-state index is 4.76. The minimum atomic E-state index is 0.286. The Kier molecular flexibility index (Phi) is 5.30. The molecule has 3 aromatic heterocycles. The fourth-order valence-corrected chi connectivity index (χ4v) is 3.79. The Labute approximate surface area is 166 Å². The molecular weight excluding hydrogens is 348 g/mol. The first-order valence-corrected chi connectivity index (χ1v) is 9.79. The van der Waals surface area contributed by atoms with E-state index in [9.17, 15) is 0 Å². The highest BCUT2D eigenvalue weighted by atomic mass is 15.2. The summed E-state index contributed by atoms with van der Waals surface area (Å²) in [7, 11) is 0. The predicted octanol–water partition coefficient (Wildman–Crippen LogP) is 4.27. The lowest BCUT2D eigenvalue weighted by Gasteiger charge is -2.25. The number of rotatable bonds is 5. The molecule has 1 atom stereocenters. The molecule has 144 valence electrons. The van der Waals surface area contributed by atoms with Gasteiger partial charge in [0.05, 0.1) is 17.4 Å². The minimum absolute atomic E-state index is 0.286. The molecule has 0 spiro atoms. The standard InChI is InChI=1S/C22H26N6/c1-15-7-4-10-23-19(15)14-28-12-6-9-20(28)18-13-21(26-17(3)25-18)27-22-16(2)8-5-11-24-22/h4-5,7-8,10-11,13,20H,6,9,12,14H2,1-3H3,(H,24,25,26,27)/t20-/m0/s1.